The van der Waals surface area contributed by atoms with Crippen LogP contribution in [0.1, 0.15) is 33.8 Å². The van der Waals surface area contributed by atoms with Crippen LogP contribution in [0.3, 0.4) is 0 Å². The van der Waals surface area contributed by atoms with E-state index in [2.05, 4.69) is 23.1 Å². The fourth-order valence-electron chi connectivity index (χ4n) is 4.57. The molecule has 1 aliphatic heterocycles. The average Bonchev–Trinajstić information content (AvgIpc) is 2.80. The van der Waals surface area contributed by atoms with E-state index in [1.807, 2.05) is 85.9 Å². The van der Waals surface area contributed by atoms with E-state index < -0.39 is 5.54 Å². The van der Waals surface area contributed by atoms with Crippen LogP contribution in [0, 0.1) is 17.2 Å². The molecule has 3 aromatic carbocycles. The van der Waals surface area contributed by atoms with Crippen molar-refractivity contribution in [2.24, 2.45) is 5.92 Å². The Morgan fingerprint density at radius 3 is 2.07 bits per heavy atom. The maximum atomic E-state index is 13.5. The summed E-state index contributed by atoms with van der Waals surface area (Å²) in [7, 11) is 1.96. The van der Waals surface area contributed by atoms with Gasteiger partial charge in [0.05, 0.1) is 6.07 Å². The lowest BCUT2D eigenvalue weighted by atomic mass is 9.68. The maximum Gasteiger partial charge on any atom is 0.167 e. The van der Waals surface area contributed by atoms with E-state index in [1.54, 1.807) is 0 Å². The molecule has 0 spiro atoms. The Kier molecular flexibility index (Phi) is 5.29. The molecule has 0 aromatic heterocycles. The molecule has 0 bridgehead atoms. The van der Waals surface area contributed by atoms with Gasteiger partial charge in [-0.2, -0.15) is 5.26 Å². The molecule has 0 N–H and O–H groups in total. The summed E-state index contributed by atoms with van der Waals surface area (Å²) < 4.78 is 0. The zero-order chi connectivity index (χ0) is 20.3. The highest BCUT2D eigenvalue weighted by molar-refractivity contribution is 5.98. The molecule has 0 radical (unpaired) electrons. The first-order chi connectivity index (χ1) is 14.2. The first-order valence-corrected chi connectivity index (χ1v) is 9.98. The van der Waals surface area contributed by atoms with Crippen LogP contribution in [0.15, 0.2) is 91.0 Å². The number of benzene rings is 3. The van der Waals surface area contributed by atoms with Gasteiger partial charge in [-0.15, -0.1) is 0 Å². The van der Waals surface area contributed by atoms with Gasteiger partial charge >= 0.3 is 0 Å². The van der Waals surface area contributed by atoms with Crippen LogP contribution < -0.4 is 0 Å². The second-order valence-electron chi connectivity index (χ2n) is 7.78. The van der Waals surface area contributed by atoms with Crippen molar-refractivity contribution in [1.29, 1.82) is 5.26 Å². The van der Waals surface area contributed by atoms with Crippen molar-refractivity contribution in [2.45, 2.75) is 17.9 Å². The molecule has 144 valence electrons. The molecule has 3 heteroatoms. The van der Waals surface area contributed by atoms with E-state index in [1.165, 1.54) is 0 Å². The molecule has 29 heavy (non-hydrogen) atoms. The van der Waals surface area contributed by atoms with E-state index in [4.69, 9.17) is 0 Å². The number of nitriles is 1. The number of hydrogen-bond acceptors (Lipinski definition) is 3. The summed E-state index contributed by atoms with van der Waals surface area (Å²) in [6.07, 6.45) is 0.581. The summed E-state index contributed by atoms with van der Waals surface area (Å²) in [6.45, 7) is 0.537. The predicted octanol–water partition coefficient (Wildman–Crippen LogP) is 5.02. The second-order valence-corrected chi connectivity index (χ2v) is 7.78. The van der Waals surface area contributed by atoms with Crippen molar-refractivity contribution in [3.05, 3.63) is 108 Å². The summed E-state index contributed by atoms with van der Waals surface area (Å²) in [6, 6.07) is 32.2. The number of carbonyl (C=O) groups excluding carboxylic acids is 1. The minimum atomic E-state index is -0.755. The summed E-state index contributed by atoms with van der Waals surface area (Å²) in [4.78, 5) is 15.5. The van der Waals surface area contributed by atoms with Crippen molar-refractivity contribution < 1.29 is 4.79 Å². The number of likely N-dealkylation sites (tertiary alicyclic amines) is 1. The average molecular weight is 380 g/mol. The lowest BCUT2D eigenvalue weighted by Gasteiger charge is -2.47. The first kappa shape index (κ1) is 19.1. The van der Waals surface area contributed by atoms with Gasteiger partial charge in [0.25, 0.3) is 0 Å². The third-order valence-electron chi connectivity index (χ3n) is 6.18. The second kappa shape index (κ2) is 8.03. The van der Waals surface area contributed by atoms with E-state index in [0.29, 0.717) is 13.0 Å². The molecule has 1 aliphatic rings. The predicted molar refractivity (Wildman–Crippen MR) is 114 cm³/mol. The minimum Gasteiger partial charge on any atom is -0.294 e. The van der Waals surface area contributed by atoms with Crippen LogP contribution in [0.2, 0.25) is 0 Å². The Balaban J connectivity index is 1.79. The Morgan fingerprint density at radius 1 is 0.931 bits per heavy atom. The van der Waals surface area contributed by atoms with Crippen LogP contribution in [-0.4, -0.2) is 24.3 Å². The third kappa shape index (κ3) is 3.48. The van der Waals surface area contributed by atoms with Gasteiger partial charge in [-0.1, -0.05) is 91.0 Å². The van der Waals surface area contributed by atoms with Crippen molar-refractivity contribution in [3.8, 4) is 6.07 Å². The molecule has 0 amide bonds. The third-order valence-corrected chi connectivity index (χ3v) is 6.18. The molecule has 0 saturated carbocycles. The molecular formula is C26H24N2O. The van der Waals surface area contributed by atoms with Crippen LogP contribution >= 0.6 is 0 Å². The first-order valence-electron chi connectivity index (χ1n) is 9.98. The molecule has 1 fully saturated rings. The number of hydrogen-bond donors (Lipinski definition) is 0. The van der Waals surface area contributed by atoms with Crippen LogP contribution in [0.4, 0.5) is 0 Å². The van der Waals surface area contributed by atoms with Gasteiger partial charge in [0.15, 0.2) is 5.78 Å². The van der Waals surface area contributed by atoms with Crippen molar-refractivity contribution in [1.82, 2.24) is 4.90 Å². The monoisotopic (exact) mass is 380 g/mol. The summed E-state index contributed by atoms with van der Waals surface area (Å²) in [5.74, 6) is -0.0825. The van der Waals surface area contributed by atoms with Crippen LogP contribution in [0.25, 0.3) is 0 Å². The normalized spacial score (nSPS) is 24.6. The quantitative estimate of drug-likeness (QED) is 0.597. The Bertz CT molecular complexity index is 1010. The van der Waals surface area contributed by atoms with Gasteiger partial charge in [-0.05, 0) is 30.5 Å². The number of piperidine rings is 1. The summed E-state index contributed by atoms with van der Waals surface area (Å²) in [5.41, 5.74) is 2.08. The Hall–Kier alpha value is -3.22. The van der Waals surface area contributed by atoms with E-state index >= 15 is 0 Å². The molecule has 4 rings (SSSR count). The SMILES string of the molecule is CN1CC(C(=O)c2ccccc2)C(c2ccccc2)CC1(C#N)c1ccccc1. The molecule has 3 nitrogen and oxygen atoms in total. The Morgan fingerprint density at radius 2 is 1.48 bits per heavy atom. The molecule has 0 aliphatic carbocycles. The van der Waals surface area contributed by atoms with Gasteiger partial charge < -0.3 is 0 Å². The molecule has 1 heterocycles. The molecule has 1 saturated heterocycles. The van der Waals surface area contributed by atoms with Crippen molar-refractivity contribution in [3.63, 3.8) is 0 Å². The van der Waals surface area contributed by atoms with Crippen LogP contribution in [0.5, 0.6) is 0 Å². The van der Waals surface area contributed by atoms with Crippen molar-refractivity contribution >= 4 is 5.78 Å². The van der Waals surface area contributed by atoms with E-state index in [9.17, 15) is 10.1 Å². The van der Waals surface area contributed by atoms with Gasteiger partial charge in [0.2, 0.25) is 0 Å². The van der Waals surface area contributed by atoms with Crippen LogP contribution in [-0.2, 0) is 5.54 Å². The lowest BCUT2D eigenvalue weighted by Crippen LogP contribution is -2.53. The molecule has 3 atom stereocenters. The largest absolute Gasteiger partial charge is 0.294 e. The fourth-order valence-corrected chi connectivity index (χ4v) is 4.57. The minimum absolute atomic E-state index is 0.0278. The smallest absolute Gasteiger partial charge is 0.167 e. The molecular weight excluding hydrogens is 356 g/mol. The number of rotatable bonds is 4. The highest BCUT2D eigenvalue weighted by Crippen LogP contribution is 2.46. The number of Topliss-reactive ketones (excluding diaryl/α,β-unsaturated/α-hetero) is 1. The topological polar surface area (TPSA) is 44.1 Å². The Labute approximate surface area is 172 Å². The van der Waals surface area contributed by atoms with E-state index in [-0.39, 0.29) is 17.6 Å². The van der Waals surface area contributed by atoms with E-state index in [0.717, 1.165) is 16.7 Å². The fraction of sp³-hybridized carbons (Fsp3) is 0.231. The lowest BCUT2D eigenvalue weighted by molar-refractivity contribution is 0.0524. The highest BCUT2D eigenvalue weighted by Gasteiger charge is 2.48. The zero-order valence-corrected chi connectivity index (χ0v) is 16.5. The van der Waals surface area contributed by atoms with Crippen molar-refractivity contribution in [2.75, 3.05) is 13.6 Å². The maximum absolute atomic E-state index is 13.5. The number of nitrogens with zero attached hydrogens (tertiary/aromatic N) is 2. The van der Waals surface area contributed by atoms with Gasteiger partial charge in [0.1, 0.15) is 5.54 Å². The number of carbonyl (C=O) groups is 1. The summed E-state index contributed by atoms with van der Waals surface area (Å²) >= 11 is 0. The molecule has 3 aromatic rings. The van der Waals surface area contributed by atoms with Gasteiger partial charge in [-0.25, -0.2) is 0 Å². The zero-order valence-electron chi connectivity index (χ0n) is 16.5. The summed E-state index contributed by atoms with van der Waals surface area (Å²) in [5, 5.41) is 10.3. The van der Waals surface area contributed by atoms with Gasteiger partial charge in [0, 0.05) is 18.0 Å². The highest BCUT2D eigenvalue weighted by atomic mass is 16.1. The molecule has 3 unspecified atom stereocenters. The standard InChI is InChI=1S/C26H24N2O/c1-28-18-24(25(29)21-13-7-3-8-14-21)23(20-11-5-2-6-12-20)17-26(28,19-27)22-15-9-4-10-16-22/h2-16,23-24H,17-18H2,1H3. The van der Waals surface area contributed by atoms with Gasteiger partial charge in [-0.3, -0.25) is 9.69 Å². The number of ketones is 1.